The number of hydrogen-bond donors (Lipinski definition) is 1. The topological polar surface area (TPSA) is 113 Å². The molecule has 0 saturated carbocycles. The molecule has 9 heteroatoms. The molecular formula is C41H39N3O5P+. The number of aromatic nitrogens is 2. The second-order valence-corrected chi connectivity index (χ2v) is 15.7. The van der Waals surface area contributed by atoms with Crippen molar-refractivity contribution >= 4 is 46.4 Å². The number of nitrogens with zero attached hydrogens (tertiary/aromatic N) is 2. The minimum Gasteiger partial charge on any atom is -0.480 e. The fourth-order valence-electron chi connectivity index (χ4n) is 6.73. The molecule has 8 nitrogen and oxygen atoms in total. The number of carbonyl (C=O) groups excluding carboxylic acids is 3. The number of ketones is 1. The number of methoxy groups -OCH3 is 1. The smallest absolute Gasteiger partial charge is 0.343 e. The number of primary amides is 1. The Hall–Kier alpha value is -5.59. The van der Waals surface area contributed by atoms with Crippen LogP contribution in [-0.2, 0) is 27.2 Å². The Kier molecular flexibility index (Phi) is 10.5. The third-order valence-electron chi connectivity index (χ3n) is 8.94. The van der Waals surface area contributed by atoms with Gasteiger partial charge in [0.15, 0.2) is 6.61 Å². The van der Waals surface area contributed by atoms with Crippen molar-refractivity contribution in [3.63, 3.8) is 0 Å². The van der Waals surface area contributed by atoms with Crippen molar-refractivity contribution in [2.45, 2.75) is 26.2 Å². The van der Waals surface area contributed by atoms with Gasteiger partial charge >= 0.3 is 5.97 Å². The van der Waals surface area contributed by atoms with Crippen molar-refractivity contribution in [1.29, 1.82) is 0 Å². The van der Waals surface area contributed by atoms with Gasteiger partial charge < -0.3 is 15.2 Å². The van der Waals surface area contributed by atoms with E-state index in [1.54, 1.807) is 10.6 Å². The molecule has 0 saturated heterocycles. The number of rotatable bonds is 14. The highest BCUT2D eigenvalue weighted by atomic mass is 31.2. The van der Waals surface area contributed by atoms with E-state index in [-0.39, 0.29) is 17.9 Å². The molecule has 2 heterocycles. The van der Waals surface area contributed by atoms with Gasteiger partial charge in [0.1, 0.15) is 34.4 Å². The molecule has 0 aliphatic rings. The highest BCUT2D eigenvalue weighted by Gasteiger charge is 2.45. The Bertz CT molecular complexity index is 2020. The summed E-state index contributed by atoms with van der Waals surface area (Å²) in [5, 5.41) is 8.60. The molecule has 0 aliphatic carbocycles. The van der Waals surface area contributed by atoms with Crippen molar-refractivity contribution in [3.05, 3.63) is 155 Å². The molecule has 0 radical (unpaired) electrons. The van der Waals surface area contributed by atoms with Crippen LogP contribution in [0.3, 0.4) is 0 Å². The van der Waals surface area contributed by atoms with Crippen molar-refractivity contribution in [2.24, 2.45) is 5.73 Å². The number of esters is 1. The summed E-state index contributed by atoms with van der Waals surface area (Å²) in [5.74, 6) is -2.25. The van der Waals surface area contributed by atoms with Crippen LogP contribution in [0.25, 0.3) is 5.52 Å². The maximum absolute atomic E-state index is 13.8. The molecule has 0 bridgehead atoms. The molecule has 50 heavy (non-hydrogen) atoms. The second kappa shape index (κ2) is 15.3. The minimum absolute atomic E-state index is 0.152. The Morgan fingerprint density at radius 2 is 1.30 bits per heavy atom. The molecule has 1 amide bonds. The lowest BCUT2D eigenvalue weighted by atomic mass is 9.97. The van der Waals surface area contributed by atoms with Crippen LogP contribution in [0.4, 0.5) is 0 Å². The van der Waals surface area contributed by atoms with Gasteiger partial charge in [-0.05, 0) is 67.3 Å². The first-order chi connectivity index (χ1) is 24.3. The van der Waals surface area contributed by atoms with E-state index in [9.17, 15) is 14.4 Å². The number of aryl methyl sites for hydroxylation is 1. The molecule has 0 aliphatic heterocycles. The van der Waals surface area contributed by atoms with E-state index in [1.165, 1.54) is 23.0 Å². The quantitative estimate of drug-likeness (QED) is 0.0714. The predicted molar refractivity (Wildman–Crippen MR) is 199 cm³/mol. The van der Waals surface area contributed by atoms with E-state index in [4.69, 9.17) is 20.3 Å². The van der Waals surface area contributed by atoms with Gasteiger partial charge in [-0.1, -0.05) is 84.9 Å². The number of fused-ring (bicyclic) bond motifs is 1. The minimum atomic E-state index is -2.18. The molecule has 2 N–H and O–H groups in total. The number of hydrogen-bond acceptors (Lipinski definition) is 6. The molecule has 0 atom stereocenters. The molecular weight excluding hydrogens is 645 g/mol. The van der Waals surface area contributed by atoms with Gasteiger partial charge in [-0.2, -0.15) is 5.10 Å². The lowest BCUT2D eigenvalue weighted by Crippen LogP contribution is -2.33. The highest BCUT2D eigenvalue weighted by molar-refractivity contribution is 7.95. The summed E-state index contributed by atoms with van der Waals surface area (Å²) in [5.41, 5.74) is 9.22. The molecule has 4 aromatic carbocycles. The summed E-state index contributed by atoms with van der Waals surface area (Å²) in [6, 6.07) is 43.4. The lowest BCUT2D eigenvalue weighted by Gasteiger charge is -2.27. The SMILES string of the molecule is COC(=O)COc1cc(C)nn2c(Cc3ccccc3)c(CCC[P+](c3ccccc3)(c3ccccc3)c3ccccc3)c(C(=O)C(N)=O)c12. The fourth-order valence-corrected chi connectivity index (χ4v) is 11.1. The van der Waals surface area contributed by atoms with Crippen LogP contribution >= 0.6 is 7.26 Å². The molecule has 0 fully saturated rings. The van der Waals surface area contributed by atoms with Crippen molar-refractivity contribution < 1.29 is 23.9 Å². The average Bonchev–Trinajstić information content (AvgIpc) is 3.45. The van der Waals surface area contributed by atoms with Crippen LogP contribution in [0.5, 0.6) is 5.75 Å². The highest BCUT2D eigenvalue weighted by Crippen LogP contribution is 2.56. The van der Waals surface area contributed by atoms with E-state index < -0.39 is 24.9 Å². The Balaban J connectivity index is 1.53. The summed E-state index contributed by atoms with van der Waals surface area (Å²) in [6.07, 6.45) is 2.38. The van der Waals surface area contributed by atoms with Crippen LogP contribution in [0.2, 0.25) is 0 Å². The van der Waals surface area contributed by atoms with Crippen LogP contribution in [-0.4, -0.2) is 47.2 Å². The Morgan fingerprint density at radius 1 is 0.780 bits per heavy atom. The van der Waals surface area contributed by atoms with Crippen molar-refractivity contribution in [2.75, 3.05) is 19.9 Å². The maximum atomic E-state index is 13.8. The van der Waals surface area contributed by atoms with Crippen molar-refractivity contribution in [1.82, 2.24) is 9.61 Å². The third-order valence-corrected chi connectivity index (χ3v) is 13.5. The van der Waals surface area contributed by atoms with Gasteiger partial charge in [-0.3, -0.25) is 9.59 Å². The first-order valence-corrected chi connectivity index (χ1v) is 18.5. The summed E-state index contributed by atoms with van der Waals surface area (Å²) < 4.78 is 12.4. The summed E-state index contributed by atoms with van der Waals surface area (Å²) in [7, 11) is -0.907. The van der Waals surface area contributed by atoms with Crippen LogP contribution in [0.1, 0.15) is 39.3 Å². The fraction of sp³-hybridized carbons (Fsp3) is 0.171. The monoisotopic (exact) mass is 684 g/mol. The molecule has 0 unspecified atom stereocenters. The zero-order valence-electron chi connectivity index (χ0n) is 28.1. The Morgan fingerprint density at radius 3 is 1.80 bits per heavy atom. The van der Waals surface area contributed by atoms with E-state index in [0.717, 1.165) is 17.4 Å². The van der Waals surface area contributed by atoms with Crippen molar-refractivity contribution in [3.8, 4) is 5.75 Å². The van der Waals surface area contributed by atoms with Gasteiger partial charge in [0, 0.05) is 12.5 Å². The van der Waals surface area contributed by atoms with Gasteiger partial charge in [0.05, 0.1) is 30.2 Å². The normalized spacial score (nSPS) is 11.3. The van der Waals surface area contributed by atoms with Gasteiger partial charge in [0.2, 0.25) is 0 Å². The van der Waals surface area contributed by atoms with E-state index >= 15 is 0 Å². The standard InChI is InChI=1S/C41H38N3O5P/c1-29-26-36(49-28-37(45)48-2)39-38(40(46)41(42)47)34(35(44(39)43-29)27-30-16-7-3-8-17-30)24-15-25-50(31-18-9-4-10-19-31,32-20-11-5-12-21-32)33-22-13-6-14-23-33/h3-14,16-23,26H,15,24-25,27-28H2,1-2H3,(H-,42,47)/p+1. The van der Waals surface area contributed by atoms with E-state index in [1.807, 2.05) is 55.5 Å². The number of carbonyl (C=O) groups is 3. The van der Waals surface area contributed by atoms with Crippen LogP contribution < -0.4 is 26.4 Å². The third kappa shape index (κ3) is 6.93. The predicted octanol–water partition coefficient (Wildman–Crippen LogP) is 5.38. The average molecular weight is 685 g/mol. The number of Topliss-reactive ketones (excluding diaryl/α,β-unsaturated/α-hetero) is 1. The zero-order valence-corrected chi connectivity index (χ0v) is 29.0. The summed E-state index contributed by atoms with van der Waals surface area (Å²) in [4.78, 5) is 38.6. The molecule has 6 rings (SSSR count). The number of nitrogens with two attached hydrogens (primary N) is 1. The first kappa shape index (κ1) is 34.3. The number of benzene rings is 4. The molecule has 0 spiro atoms. The zero-order chi connectivity index (χ0) is 35.1. The lowest BCUT2D eigenvalue weighted by molar-refractivity contribution is -0.142. The summed E-state index contributed by atoms with van der Waals surface area (Å²) >= 11 is 0. The molecule has 2 aromatic heterocycles. The first-order valence-electron chi connectivity index (χ1n) is 16.5. The van der Waals surface area contributed by atoms with Crippen LogP contribution in [0.15, 0.2) is 127 Å². The maximum Gasteiger partial charge on any atom is 0.343 e. The second-order valence-electron chi connectivity index (χ2n) is 12.1. The van der Waals surface area contributed by atoms with Gasteiger partial charge in [-0.25, -0.2) is 9.31 Å². The summed E-state index contributed by atoms with van der Waals surface area (Å²) in [6.45, 7) is 1.43. The van der Waals surface area contributed by atoms with Gasteiger partial charge in [0.25, 0.3) is 11.7 Å². The Labute approximate surface area is 292 Å². The van der Waals surface area contributed by atoms with E-state index in [2.05, 4.69) is 72.8 Å². The number of ether oxygens (including phenoxy) is 2. The number of amides is 1. The largest absolute Gasteiger partial charge is 0.480 e. The molecule has 252 valence electrons. The van der Waals surface area contributed by atoms with E-state index in [0.29, 0.717) is 36.0 Å². The molecule has 6 aromatic rings. The van der Waals surface area contributed by atoms with Gasteiger partial charge in [-0.15, -0.1) is 0 Å². The van der Waals surface area contributed by atoms with Crippen LogP contribution in [0, 0.1) is 6.92 Å².